The Morgan fingerprint density at radius 1 is 1.26 bits per heavy atom. The standard InChI is InChI=1S/C15H22F3N3S.HI/c1-4-19-14(20-10-9-15(16,17)18)21(2)11-12-5-7-13(22-3)8-6-12;/h5-8H,4,9-11H2,1-3H3,(H,19,20);1H. The Morgan fingerprint density at radius 3 is 2.35 bits per heavy atom. The van der Waals surface area contributed by atoms with E-state index in [0.717, 1.165) is 5.56 Å². The molecule has 0 aliphatic rings. The number of benzene rings is 1. The van der Waals surface area contributed by atoms with Crippen molar-refractivity contribution in [2.24, 2.45) is 4.99 Å². The lowest BCUT2D eigenvalue weighted by atomic mass is 10.2. The molecule has 0 radical (unpaired) electrons. The molecule has 0 spiro atoms. The molecule has 1 aromatic rings. The van der Waals surface area contributed by atoms with Crippen LogP contribution in [0.25, 0.3) is 0 Å². The van der Waals surface area contributed by atoms with Crippen LogP contribution in [0.15, 0.2) is 34.2 Å². The Bertz CT molecular complexity index is 478. The van der Waals surface area contributed by atoms with Crippen LogP contribution in [0.5, 0.6) is 0 Å². The first-order valence-electron chi connectivity index (χ1n) is 7.05. The average Bonchev–Trinajstić information content (AvgIpc) is 2.46. The summed E-state index contributed by atoms with van der Waals surface area (Å²) in [7, 11) is 1.82. The molecule has 0 fully saturated rings. The lowest BCUT2D eigenvalue weighted by molar-refractivity contribution is -0.132. The van der Waals surface area contributed by atoms with Crippen molar-refractivity contribution in [2.75, 3.05) is 26.4 Å². The first-order valence-corrected chi connectivity index (χ1v) is 8.27. The molecule has 1 rings (SSSR count). The van der Waals surface area contributed by atoms with E-state index in [1.165, 1.54) is 4.90 Å². The van der Waals surface area contributed by atoms with Gasteiger partial charge in [0.15, 0.2) is 5.96 Å². The van der Waals surface area contributed by atoms with Gasteiger partial charge in [0, 0.05) is 25.0 Å². The molecule has 0 aromatic heterocycles. The second-order valence-electron chi connectivity index (χ2n) is 4.80. The Morgan fingerprint density at radius 2 is 1.87 bits per heavy atom. The predicted molar refractivity (Wildman–Crippen MR) is 102 cm³/mol. The normalized spacial score (nSPS) is 11.8. The van der Waals surface area contributed by atoms with Crippen molar-refractivity contribution in [2.45, 2.75) is 31.0 Å². The van der Waals surface area contributed by atoms with Gasteiger partial charge < -0.3 is 10.2 Å². The van der Waals surface area contributed by atoms with E-state index in [1.54, 1.807) is 11.8 Å². The van der Waals surface area contributed by atoms with Crippen LogP contribution in [-0.2, 0) is 6.54 Å². The van der Waals surface area contributed by atoms with E-state index in [-0.39, 0.29) is 30.5 Å². The molecular weight excluding hydrogens is 438 g/mol. The lowest BCUT2D eigenvalue weighted by Crippen LogP contribution is -2.38. The molecule has 132 valence electrons. The van der Waals surface area contributed by atoms with Gasteiger partial charge in [-0.1, -0.05) is 12.1 Å². The first-order chi connectivity index (χ1) is 10.4. The summed E-state index contributed by atoms with van der Waals surface area (Å²) in [6, 6.07) is 8.09. The number of aliphatic imine (C=N–C) groups is 1. The maximum Gasteiger partial charge on any atom is 0.390 e. The largest absolute Gasteiger partial charge is 0.390 e. The number of guanidine groups is 1. The van der Waals surface area contributed by atoms with Gasteiger partial charge in [-0.15, -0.1) is 35.7 Å². The Hall–Kier alpha value is -0.640. The van der Waals surface area contributed by atoms with Crippen LogP contribution in [-0.4, -0.2) is 43.4 Å². The molecule has 3 nitrogen and oxygen atoms in total. The van der Waals surface area contributed by atoms with Crippen molar-refractivity contribution < 1.29 is 13.2 Å². The number of halogens is 4. The van der Waals surface area contributed by atoms with E-state index in [4.69, 9.17) is 0 Å². The molecule has 0 atom stereocenters. The average molecular weight is 461 g/mol. The third kappa shape index (κ3) is 9.29. The molecule has 0 saturated carbocycles. The fourth-order valence-corrected chi connectivity index (χ4v) is 2.25. The summed E-state index contributed by atoms with van der Waals surface area (Å²) >= 11 is 1.67. The van der Waals surface area contributed by atoms with Crippen molar-refractivity contribution >= 4 is 41.7 Å². The minimum absolute atomic E-state index is 0. The van der Waals surface area contributed by atoms with Gasteiger partial charge in [0.05, 0.1) is 13.0 Å². The monoisotopic (exact) mass is 461 g/mol. The molecule has 0 unspecified atom stereocenters. The van der Waals surface area contributed by atoms with Gasteiger partial charge in [0.25, 0.3) is 0 Å². The Balaban J connectivity index is 0.00000484. The molecule has 0 saturated heterocycles. The Labute approximate surface area is 157 Å². The Kier molecular flexibility index (Phi) is 10.7. The zero-order valence-electron chi connectivity index (χ0n) is 13.5. The third-order valence-electron chi connectivity index (χ3n) is 2.93. The quantitative estimate of drug-likeness (QED) is 0.295. The number of thioether (sulfide) groups is 1. The highest BCUT2D eigenvalue weighted by molar-refractivity contribution is 14.0. The van der Waals surface area contributed by atoms with E-state index in [2.05, 4.69) is 10.3 Å². The lowest BCUT2D eigenvalue weighted by Gasteiger charge is -2.22. The number of nitrogens with one attached hydrogen (secondary N) is 1. The molecule has 1 N–H and O–H groups in total. The topological polar surface area (TPSA) is 27.6 Å². The van der Waals surface area contributed by atoms with Crippen molar-refractivity contribution in [1.29, 1.82) is 0 Å². The highest BCUT2D eigenvalue weighted by atomic mass is 127. The number of hydrogen-bond donors (Lipinski definition) is 1. The molecule has 0 bridgehead atoms. The van der Waals surface area contributed by atoms with Gasteiger partial charge in [-0.05, 0) is 30.9 Å². The third-order valence-corrected chi connectivity index (χ3v) is 3.68. The van der Waals surface area contributed by atoms with E-state index in [0.29, 0.717) is 19.0 Å². The molecular formula is C15H23F3IN3S. The van der Waals surface area contributed by atoms with Crippen LogP contribution in [0.3, 0.4) is 0 Å². The van der Waals surface area contributed by atoms with Gasteiger partial charge in [-0.3, -0.25) is 4.99 Å². The van der Waals surface area contributed by atoms with E-state index >= 15 is 0 Å². The number of rotatable bonds is 6. The molecule has 23 heavy (non-hydrogen) atoms. The number of nitrogens with zero attached hydrogens (tertiary/aromatic N) is 2. The maximum atomic E-state index is 12.2. The minimum atomic E-state index is -4.17. The summed E-state index contributed by atoms with van der Waals surface area (Å²) in [5.41, 5.74) is 1.08. The van der Waals surface area contributed by atoms with E-state index in [9.17, 15) is 13.2 Å². The van der Waals surface area contributed by atoms with Gasteiger partial charge in [-0.25, -0.2) is 0 Å². The summed E-state index contributed by atoms with van der Waals surface area (Å²) in [6.07, 6.45) is -3.07. The fraction of sp³-hybridized carbons (Fsp3) is 0.533. The molecule has 0 heterocycles. The van der Waals surface area contributed by atoms with Crippen LogP contribution in [0, 0.1) is 0 Å². The van der Waals surface area contributed by atoms with Crippen LogP contribution < -0.4 is 5.32 Å². The predicted octanol–water partition coefficient (Wildman–Crippen LogP) is 4.38. The van der Waals surface area contributed by atoms with E-state index in [1.807, 2.05) is 49.4 Å². The zero-order chi connectivity index (χ0) is 16.6. The van der Waals surface area contributed by atoms with Gasteiger partial charge >= 0.3 is 6.18 Å². The van der Waals surface area contributed by atoms with Gasteiger partial charge in [-0.2, -0.15) is 13.2 Å². The second-order valence-corrected chi connectivity index (χ2v) is 5.68. The van der Waals surface area contributed by atoms with Crippen molar-refractivity contribution in [3.8, 4) is 0 Å². The van der Waals surface area contributed by atoms with Crippen molar-refractivity contribution in [3.63, 3.8) is 0 Å². The van der Waals surface area contributed by atoms with Gasteiger partial charge in [0.2, 0.25) is 0 Å². The highest BCUT2D eigenvalue weighted by Crippen LogP contribution is 2.19. The fourth-order valence-electron chi connectivity index (χ4n) is 1.84. The summed E-state index contributed by atoms with van der Waals surface area (Å²) < 4.78 is 36.6. The molecule has 0 amide bonds. The van der Waals surface area contributed by atoms with E-state index < -0.39 is 12.6 Å². The van der Waals surface area contributed by atoms with Crippen LogP contribution in [0.4, 0.5) is 13.2 Å². The number of alkyl halides is 3. The second kappa shape index (κ2) is 11.0. The molecule has 0 aliphatic carbocycles. The van der Waals surface area contributed by atoms with Crippen LogP contribution in [0.1, 0.15) is 18.9 Å². The van der Waals surface area contributed by atoms with Crippen LogP contribution >= 0.6 is 35.7 Å². The molecule has 1 aromatic carbocycles. The van der Waals surface area contributed by atoms with Crippen molar-refractivity contribution in [3.05, 3.63) is 29.8 Å². The van der Waals surface area contributed by atoms with Gasteiger partial charge in [0.1, 0.15) is 0 Å². The molecule has 0 aliphatic heterocycles. The smallest absolute Gasteiger partial charge is 0.357 e. The van der Waals surface area contributed by atoms with Crippen LogP contribution in [0.2, 0.25) is 0 Å². The summed E-state index contributed by atoms with van der Waals surface area (Å²) in [5, 5.41) is 3.02. The maximum absolute atomic E-state index is 12.2. The highest BCUT2D eigenvalue weighted by Gasteiger charge is 2.26. The molecule has 8 heteroatoms. The summed E-state index contributed by atoms with van der Waals surface area (Å²) in [6.45, 7) is 2.83. The first kappa shape index (κ1) is 22.4. The minimum Gasteiger partial charge on any atom is -0.357 e. The SMILES string of the molecule is CCNC(=NCCC(F)(F)F)N(C)Cc1ccc(SC)cc1.I. The number of hydrogen-bond acceptors (Lipinski definition) is 2. The summed E-state index contributed by atoms with van der Waals surface area (Å²) in [5.74, 6) is 0.487. The zero-order valence-corrected chi connectivity index (χ0v) is 16.6. The summed E-state index contributed by atoms with van der Waals surface area (Å²) in [4.78, 5) is 7.04. The van der Waals surface area contributed by atoms with Crippen molar-refractivity contribution in [1.82, 2.24) is 10.2 Å².